The van der Waals surface area contributed by atoms with Crippen LogP contribution < -0.4 is 5.32 Å². The third-order valence-corrected chi connectivity index (χ3v) is 4.34. The first-order valence-electron chi connectivity index (χ1n) is 7.85. The van der Waals surface area contributed by atoms with Crippen LogP contribution in [0.4, 0.5) is 0 Å². The van der Waals surface area contributed by atoms with Crippen molar-refractivity contribution in [2.75, 3.05) is 13.1 Å². The Morgan fingerprint density at radius 3 is 2.86 bits per heavy atom. The zero-order chi connectivity index (χ0) is 15.4. The van der Waals surface area contributed by atoms with Gasteiger partial charge in [0.2, 0.25) is 5.91 Å². The van der Waals surface area contributed by atoms with Crippen molar-refractivity contribution in [3.8, 4) is 0 Å². The molecule has 0 fully saturated rings. The molecule has 1 amide bonds. The molecule has 0 aliphatic carbocycles. The molecule has 1 atom stereocenters. The molecule has 1 aliphatic heterocycles. The second-order valence-electron chi connectivity index (χ2n) is 5.79. The highest BCUT2D eigenvalue weighted by molar-refractivity contribution is 5.81. The van der Waals surface area contributed by atoms with Gasteiger partial charge in [-0.1, -0.05) is 24.3 Å². The maximum absolute atomic E-state index is 12.3. The predicted octanol–water partition coefficient (Wildman–Crippen LogP) is 2.39. The Morgan fingerprint density at radius 1 is 1.27 bits per heavy atom. The molecule has 0 radical (unpaired) electrons. The first-order chi connectivity index (χ1) is 10.7. The van der Waals surface area contributed by atoms with E-state index in [0.29, 0.717) is 6.54 Å². The number of carbonyl (C=O) groups excluding carboxylic acids is 1. The number of hydrogen-bond acceptors (Lipinski definition) is 3. The van der Waals surface area contributed by atoms with E-state index in [1.54, 1.807) is 6.26 Å². The zero-order valence-corrected chi connectivity index (χ0v) is 12.9. The van der Waals surface area contributed by atoms with Gasteiger partial charge in [-0.15, -0.1) is 0 Å². The van der Waals surface area contributed by atoms with Crippen LogP contribution in [0, 0.1) is 0 Å². The third-order valence-electron chi connectivity index (χ3n) is 4.34. The molecule has 0 unspecified atom stereocenters. The molecule has 1 aromatic carbocycles. The van der Waals surface area contributed by atoms with E-state index in [-0.39, 0.29) is 11.9 Å². The molecule has 1 aromatic heterocycles. The molecule has 2 heterocycles. The van der Waals surface area contributed by atoms with Crippen LogP contribution in [0.5, 0.6) is 0 Å². The van der Waals surface area contributed by atoms with Crippen LogP contribution in [0.2, 0.25) is 0 Å². The predicted molar refractivity (Wildman–Crippen MR) is 85.4 cm³/mol. The molecular weight excluding hydrogens is 276 g/mol. The number of hydrogen-bond donors (Lipinski definition) is 1. The molecule has 0 bridgehead atoms. The number of furan rings is 1. The number of fused-ring (bicyclic) bond motifs is 1. The second-order valence-corrected chi connectivity index (χ2v) is 5.79. The van der Waals surface area contributed by atoms with E-state index in [4.69, 9.17) is 4.42 Å². The Balaban J connectivity index is 1.51. The van der Waals surface area contributed by atoms with Gasteiger partial charge in [0.25, 0.3) is 0 Å². The lowest BCUT2D eigenvalue weighted by Gasteiger charge is -2.32. The summed E-state index contributed by atoms with van der Waals surface area (Å²) in [5, 5.41) is 3.00. The van der Waals surface area contributed by atoms with E-state index in [0.717, 1.165) is 31.7 Å². The topological polar surface area (TPSA) is 45.5 Å². The van der Waals surface area contributed by atoms with Gasteiger partial charge in [-0.3, -0.25) is 9.69 Å². The number of rotatable bonds is 5. The number of nitrogens with zero attached hydrogens (tertiary/aromatic N) is 1. The molecular formula is C18H22N2O2. The summed E-state index contributed by atoms with van der Waals surface area (Å²) in [6.07, 6.45) is 3.40. The normalized spacial score (nSPS) is 16.0. The summed E-state index contributed by atoms with van der Waals surface area (Å²) in [6.45, 7) is 4.38. The summed E-state index contributed by atoms with van der Waals surface area (Å²) in [5.41, 5.74) is 2.74. The zero-order valence-electron chi connectivity index (χ0n) is 12.9. The minimum Gasteiger partial charge on any atom is -0.469 e. The summed E-state index contributed by atoms with van der Waals surface area (Å²) in [5.74, 6) is 0.991. The van der Waals surface area contributed by atoms with Crippen molar-refractivity contribution in [3.05, 3.63) is 59.5 Å². The van der Waals surface area contributed by atoms with Crippen LogP contribution >= 0.6 is 0 Å². The minimum absolute atomic E-state index is 0.0888. The Kier molecular flexibility index (Phi) is 4.59. The van der Waals surface area contributed by atoms with Crippen molar-refractivity contribution in [1.29, 1.82) is 0 Å². The molecule has 3 rings (SSSR count). The lowest BCUT2D eigenvalue weighted by Crippen LogP contribution is -2.47. The molecule has 0 saturated heterocycles. The molecule has 22 heavy (non-hydrogen) atoms. The summed E-state index contributed by atoms with van der Waals surface area (Å²) in [7, 11) is 0. The van der Waals surface area contributed by atoms with Crippen LogP contribution in [-0.2, 0) is 24.2 Å². The highest BCUT2D eigenvalue weighted by atomic mass is 16.3. The first kappa shape index (κ1) is 14.9. The Bertz CT molecular complexity index is 622. The Morgan fingerprint density at radius 2 is 2.09 bits per heavy atom. The first-order valence-corrected chi connectivity index (χ1v) is 7.85. The quantitative estimate of drug-likeness (QED) is 0.922. The maximum atomic E-state index is 12.3. The fourth-order valence-electron chi connectivity index (χ4n) is 2.93. The van der Waals surface area contributed by atoms with E-state index >= 15 is 0 Å². The van der Waals surface area contributed by atoms with Crippen molar-refractivity contribution in [2.24, 2.45) is 0 Å². The highest BCUT2D eigenvalue weighted by Gasteiger charge is 2.24. The largest absolute Gasteiger partial charge is 0.469 e. The lowest BCUT2D eigenvalue weighted by molar-refractivity contribution is -0.126. The summed E-state index contributed by atoms with van der Waals surface area (Å²) >= 11 is 0. The number of benzene rings is 1. The van der Waals surface area contributed by atoms with Gasteiger partial charge in [-0.25, -0.2) is 0 Å². The van der Waals surface area contributed by atoms with Crippen molar-refractivity contribution < 1.29 is 9.21 Å². The summed E-state index contributed by atoms with van der Waals surface area (Å²) in [6, 6.07) is 12.2. The van der Waals surface area contributed by atoms with Gasteiger partial charge in [0.15, 0.2) is 0 Å². The van der Waals surface area contributed by atoms with Gasteiger partial charge in [0.05, 0.1) is 12.3 Å². The standard InChI is InChI=1S/C18H22N2O2/c1-14(18(21)19-10-8-17-7-4-12-22-17)20-11-9-15-5-2-3-6-16(15)13-20/h2-7,12,14H,8-11,13H2,1H3,(H,19,21)/t14-/m0/s1. The molecule has 2 aromatic rings. The monoisotopic (exact) mass is 298 g/mol. The highest BCUT2D eigenvalue weighted by Crippen LogP contribution is 2.20. The van der Waals surface area contributed by atoms with Crippen molar-refractivity contribution in [2.45, 2.75) is 32.4 Å². The average Bonchev–Trinajstić information content (AvgIpc) is 3.07. The van der Waals surface area contributed by atoms with E-state index < -0.39 is 0 Å². The smallest absolute Gasteiger partial charge is 0.237 e. The fourth-order valence-corrected chi connectivity index (χ4v) is 2.93. The molecule has 0 saturated carbocycles. The SMILES string of the molecule is C[C@@H](C(=O)NCCc1ccco1)N1CCc2ccccc2C1. The van der Waals surface area contributed by atoms with Crippen molar-refractivity contribution in [3.63, 3.8) is 0 Å². The summed E-state index contributed by atoms with van der Waals surface area (Å²) < 4.78 is 5.27. The van der Waals surface area contributed by atoms with E-state index in [1.165, 1.54) is 11.1 Å². The molecule has 116 valence electrons. The number of amides is 1. The molecule has 0 spiro atoms. The van der Waals surface area contributed by atoms with Crippen LogP contribution in [0.15, 0.2) is 47.1 Å². The van der Waals surface area contributed by atoms with E-state index in [9.17, 15) is 4.79 Å². The number of carbonyl (C=O) groups is 1. The second kappa shape index (κ2) is 6.79. The number of nitrogens with one attached hydrogen (secondary N) is 1. The van der Waals surface area contributed by atoms with Crippen LogP contribution in [-0.4, -0.2) is 29.9 Å². The molecule has 4 nitrogen and oxygen atoms in total. The van der Waals surface area contributed by atoms with Crippen LogP contribution in [0.25, 0.3) is 0 Å². The van der Waals surface area contributed by atoms with Gasteiger partial charge < -0.3 is 9.73 Å². The van der Waals surface area contributed by atoms with Gasteiger partial charge in [0, 0.05) is 26.1 Å². The van der Waals surface area contributed by atoms with Gasteiger partial charge in [-0.05, 0) is 36.6 Å². The minimum atomic E-state index is -0.107. The molecule has 4 heteroatoms. The van der Waals surface area contributed by atoms with E-state index in [2.05, 4.69) is 34.5 Å². The van der Waals surface area contributed by atoms with Gasteiger partial charge >= 0.3 is 0 Å². The van der Waals surface area contributed by atoms with Crippen molar-refractivity contribution in [1.82, 2.24) is 10.2 Å². The third kappa shape index (κ3) is 3.39. The van der Waals surface area contributed by atoms with Crippen molar-refractivity contribution >= 4 is 5.91 Å². The molecule has 1 aliphatic rings. The van der Waals surface area contributed by atoms with Gasteiger partial charge in [0.1, 0.15) is 5.76 Å². The Labute approximate surface area is 131 Å². The summed E-state index contributed by atoms with van der Waals surface area (Å²) in [4.78, 5) is 14.5. The van der Waals surface area contributed by atoms with Crippen LogP contribution in [0.1, 0.15) is 23.8 Å². The van der Waals surface area contributed by atoms with E-state index in [1.807, 2.05) is 19.1 Å². The van der Waals surface area contributed by atoms with Gasteiger partial charge in [-0.2, -0.15) is 0 Å². The van der Waals surface area contributed by atoms with Crippen LogP contribution in [0.3, 0.4) is 0 Å². The average molecular weight is 298 g/mol. The maximum Gasteiger partial charge on any atom is 0.237 e. The molecule has 1 N–H and O–H groups in total. The fraction of sp³-hybridized carbons (Fsp3) is 0.389. The Hall–Kier alpha value is -2.07. The lowest BCUT2D eigenvalue weighted by atomic mass is 9.99.